The van der Waals surface area contributed by atoms with E-state index in [1.807, 2.05) is 41.8 Å². The molecule has 0 saturated heterocycles. The Balaban J connectivity index is 1.74. The first-order valence-electron chi connectivity index (χ1n) is 9.38. The molecule has 8 heteroatoms. The Kier molecular flexibility index (Phi) is 6.87. The molecule has 152 valence electrons. The molecule has 2 heterocycles. The lowest BCUT2D eigenvalue weighted by atomic mass is 10.2. The zero-order chi connectivity index (χ0) is 20.8. The van der Waals surface area contributed by atoms with E-state index in [1.165, 1.54) is 11.8 Å². The Morgan fingerprint density at radius 1 is 1.28 bits per heavy atom. The van der Waals surface area contributed by atoms with Crippen LogP contribution in [0, 0.1) is 12.8 Å². The van der Waals surface area contributed by atoms with Crippen molar-refractivity contribution in [2.45, 2.75) is 32.5 Å². The largest absolute Gasteiger partial charge is 0.495 e. The summed E-state index contributed by atoms with van der Waals surface area (Å²) in [6.07, 6.45) is 3.50. The number of hydrogen-bond donors (Lipinski definition) is 1. The van der Waals surface area contributed by atoms with Crippen LogP contribution in [0.5, 0.6) is 5.75 Å². The molecule has 7 nitrogen and oxygen atoms in total. The topological polar surface area (TPSA) is 81.9 Å². The van der Waals surface area contributed by atoms with Gasteiger partial charge in [-0.05, 0) is 42.7 Å². The number of carbonyl (C=O) groups excluding carboxylic acids is 1. The maximum Gasteiger partial charge on any atom is 0.234 e. The SMILES string of the molecule is COc1ccc(C)cc1NC(=O)CSc1nnc(-c2cccnc2)n1CC(C)C. The number of pyridine rings is 1. The number of rotatable bonds is 8. The molecular weight excluding hydrogens is 386 g/mol. The van der Waals surface area contributed by atoms with Gasteiger partial charge in [-0.3, -0.25) is 9.78 Å². The molecule has 0 spiro atoms. The standard InChI is InChI=1S/C21H25N5O2S/c1-14(2)12-26-20(16-6-5-9-22-11-16)24-25-21(26)29-13-19(27)23-17-10-15(3)7-8-18(17)28-4/h5-11,14H,12-13H2,1-4H3,(H,23,27). The summed E-state index contributed by atoms with van der Waals surface area (Å²) in [6.45, 7) is 7.00. The van der Waals surface area contributed by atoms with Crippen molar-refractivity contribution in [3.05, 3.63) is 48.3 Å². The second kappa shape index (κ2) is 9.56. The summed E-state index contributed by atoms with van der Waals surface area (Å²) in [5.74, 6) is 1.90. The van der Waals surface area contributed by atoms with Gasteiger partial charge in [0, 0.05) is 24.5 Å². The van der Waals surface area contributed by atoms with Crippen molar-refractivity contribution in [3.63, 3.8) is 0 Å². The van der Waals surface area contributed by atoms with Crippen LogP contribution in [0.15, 0.2) is 47.9 Å². The molecule has 0 saturated carbocycles. The fraction of sp³-hybridized carbons (Fsp3) is 0.333. The highest BCUT2D eigenvalue weighted by atomic mass is 32.2. The van der Waals surface area contributed by atoms with E-state index >= 15 is 0 Å². The molecular formula is C21H25N5O2S. The molecule has 0 aliphatic heterocycles. The molecule has 1 amide bonds. The van der Waals surface area contributed by atoms with Crippen LogP contribution in [0.1, 0.15) is 19.4 Å². The quantitative estimate of drug-likeness (QED) is 0.563. The third-order valence-corrected chi connectivity index (χ3v) is 5.11. The molecule has 2 aromatic heterocycles. The summed E-state index contributed by atoms with van der Waals surface area (Å²) in [7, 11) is 1.59. The summed E-state index contributed by atoms with van der Waals surface area (Å²) >= 11 is 1.37. The van der Waals surface area contributed by atoms with Gasteiger partial charge in [0.05, 0.1) is 18.6 Å². The lowest BCUT2D eigenvalue weighted by molar-refractivity contribution is -0.113. The number of benzene rings is 1. The van der Waals surface area contributed by atoms with Crippen LogP contribution < -0.4 is 10.1 Å². The second-order valence-corrected chi connectivity index (χ2v) is 8.04. The minimum absolute atomic E-state index is 0.124. The second-order valence-electron chi connectivity index (χ2n) is 7.09. The number of nitrogens with zero attached hydrogens (tertiary/aromatic N) is 4. The molecule has 3 rings (SSSR count). The third-order valence-electron chi connectivity index (χ3n) is 4.15. The molecule has 0 unspecified atom stereocenters. The summed E-state index contributed by atoms with van der Waals surface area (Å²) in [4.78, 5) is 16.7. The summed E-state index contributed by atoms with van der Waals surface area (Å²) in [6, 6.07) is 9.51. The number of thioether (sulfide) groups is 1. The first-order chi connectivity index (χ1) is 14.0. The van der Waals surface area contributed by atoms with Gasteiger partial charge in [0.2, 0.25) is 5.91 Å². The van der Waals surface area contributed by atoms with E-state index in [0.29, 0.717) is 22.5 Å². The van der Waals surface area contributed by atoms with E-state index in [9.17, 15) is 4.79 Å². The first-order valence-corrected chi connectivity index (χ1v) is 10.4. The molecule has 1 aromatic carbocycles. The third kappa shape index (κ3) is 5.35. The van der Waals surface area contributed by atoms with Gasteiger partial charge in [-0.25, -0.2) is 0 Å². The van der Waals surface area contributed by atoms with Gasteiger partial charge in [0.25, 0.3) is 0 Å². The van der Waals surface area contributed by atoms with Crippen molar-refractivity contribution < 1.29 is 9.53 Å². The number of anilines is 1. The average molecular weight is 412 g/mol. The minimum Gasteiger partial charge on any atom is -0.495 e. The lowest BCUT2D eigenvalue weighted by Crippen LogP contribution is -2.16. The number of aryl methyl sites for hydroxylation is 1. The van der Waals surface area contributed by atoms with Gasteiger partial charge in [0.15, 0.2) is 11.0 Å². The minimum atomic E-state index is -0.124. The van der Waals surface area contributed by atoms with E-state index in [2.05, 4.69) is 34.3 Å². The highest BCUT2D eigenvalue weighted by molar-refractivity contribution is 7.99. The summed E-state index contributed by atoms with van der Waals surface area (Å²) in [5.41, 5.74) is 2.62. The van der Waals surface area contributed by atoms with Crippen LogP contribution in [0.2, 0.25) is 0 Å². The van der Waals surface area contributed by atoms with Gasteiger partial charge in [-0.1, -0.05) is 31.7 Å². The van der Waals surface area contributed by atoms with Crippen molar-refractivity contribution in [3.8, 4) is 17.1 Å². The maximum atomic E-state index is 12.5. The fourth-order valence-electron chi connectivity index (χ4n) is 2.87. The Bertz CT molecular complexity index is 972. The van der Waals surface area contributed by atoms with Crippen LogP contribution in [0.25, 0.3) is 11.4 Å². The highest BCUT2D eigenvalue weighted by Crippen LogP contribution is 2.27. The van der Waals surface area contributed by atoms with Crippen molar-refractivity contribution in [1.29, 1.82) is 0 Å². The number of nitrogens with one attached hydrogen (secondary N) is 1. The van der Waals surface area contributed by atoms with Crippen LogP contribution in [-0.4, -0.2) is 38.5 Å². The van der Waals surface area contributed by atoms with Crippen LogP contribution in [0.3, 0.4) is 0 Å². The zero-order valence-electron chi connectivity index (χ0n) is 17.0. The summed E-state index contributed by atoms with van der Waals surface area (Å²) in [5, 5.41) is 12.3. The van der Waals surface area contributed by atoms with Crippen LogP contribution in [-0.2, 0) is 11.3 Å². The van der Waals surface area contributed by atoms with Gasteiger partial charge in [-0.2, -0.15) is 0 Å². The zero-order valence-corrected chi connectivity index (χ0v) is 17.9. The number of amides is 1. The van der Waals surface area contributed by atoms with E-state index in [1.54, 1.807) is 19.5 Å². The summed E-state index contributed by atoms with van der Waals surface area (Å²) < 4.78 is 7.37. The highest BCUT2D eigenvalue weighted by Gasteiger charge is 2.17. The van der Waals surface area contributed by atoms with Crippen LogP contribution in [0.4, 0.5) is 5.69 Å². The van der Waals surface area contributed by atoms with Crippen molar-refractivity contribution in [2.24, 2.45) is 5.92 Å². The number of carbonyl (C=O) groups is 1. The number of aromatic nitrogens is 4. The molecule has 29 heavy (non-hydrogen) atoms. The van der Waals surface area contributed by atoms with Crippen LogP contribution >= 0.6 is 11.8 Å². The van der Waals surface area contributed by atoms with Gasteiger partial charge >= 0.3 is 0 Å². The van der Waals surface area contributed by atoms with E-state index in [-0.39, 0.29) is 11.7 Å². The van der Waals surface area contributed by atoms with Crippen molar-refractivity contribution in [2.75, 3.05) is 18.2 Å². The molecule has 0 bridgehead atoms. The fourth-order valence-corrected chi connectivity index (χ4v) is 3.62. The molecule has 1 N–H and O–H groups in total. The van der Waals surface area contributed by atoms with Crippen molar-refractivity contribution >= 4 is 23.4 Å². The first kappa shape index (κ1) is 20.9. The van der Waals surface area contributed by atoms with E-state index in [4.69, 9.17) is 4.74 Å². The predicted molar refractivity (Wildman–Crippen MR) is 115 cm³/mol. The average Bonchev–Trinajstić information content (AvgIpc) is 3.09. The molecule has 3 aromatic rings. The molecule has 0 atom stereocenters. The Morgan fingerprint density at radius 2 is 2.10 bits per heavy atom. The van der Waals surface area contributed by atoms with E-state index < -0.39 is 0 Å². The molecule has 0 radical (unpaired) electrons. The molecule has 0 aliphatic rings. The Hall–Kier alpha value is -2.87. The van der Waals surface area contributed by atoms with Gasteiger partial charge in [-0.15, -0.1) is 10.2 Å². The number of hydrogen-bond acceptors (Lipinski definition) is 6. The smallest absolute Gasteiger partial charge is 0.234 e. The number of methoxy groups -OCH3 is 1. The normalized spacial score (nSPS) is 10.9. The molecule has 0 aliphatic carbocycles. The van der Waals surface area contributed by atoms with Gasteiger partial charge in [0.1, 0.15) is 5.75 Å². The lowest BCUT2D eigenvalue weighted by Gasteiger charge is -2.13. The number of ether oxygens (including phenoxy) is 1. The Labute approximate surface area is 174 Å². The van der Waals surface area contributed by atoms with Gasteiger partial charge < -0.3 is 14.6 Å². The van der Waals surface area contributed by atoms with Crippen molar-refractivity contribution in [1.82, 2.24) is 19.7 Å². The van der Waals surface area contributed by atoms with E-state index in [0.717, 1.165) is 23.5 Å². The molecule has 0 fully saturated rings. The monoisotopic (exact) mass is 411 g/mol. The maximum absolute atomic E-state index is 12.5. The predicted octanol–water partition coefficient (Wildman–Crippen LogP) is 4.04. The Morgan fingerprint density at radius 3 is 2.79 bits per heavy atom.